The minimum Gasteiger partial charge on any atom is -0.347 e. The first-order valence-electron chi connectivity index (χ1n) is 12.3. The van der Waals surface area contributed by atoms with Crippen molar-refractivity contribution < 1.29 is 26.4 Å². The summed E-state index contributed by atoms with van der Waals surface area (Å²) in [5.41, 5.74) is -0.238. The van der Waals surface area contributed by atoms with Gasteiger partial charge in [-0.3, -0.25) is 9.52 Å². The summed E-state index contributed by atoms with van der Waals surface area (Å²) >= 11 is 3.24. The standard InChI is InChI=1S/C29H22BrF3N4O3S/c30-21-12-14-24(15-13-21)41(39,40)35-22(8-6-17-36-18-16-20-7-4-5-11-26(20)36)19-25-27(29(31,32)33)34-37(28(25)38)23-9-2-1-3-10-23/h1-15,17,19,35H,16,18H2/b17-6+,22-8-,25-19-. The van der Waals surface area contributed by atoms with Crippen molar-refractivity contribution in [3.63, 3.8) is 0 Å². The van der Waals surface area contributed by atoms with Gasteiger partial charge in [0, 0.05) is 28.6 Å². The molecule has 0 saturated carbocycles. The molecule has 0 bridgehead atoms. The molecular formula is C29H22BrF3N4O3S. The highest BCUT2D eigenvalue weighted by atomic mass is 79.9. The molecule has 0 atom stereocenters. The summed E-state index contributed by atoms with van der Waals surface area (Å²) < 4.78 is 71.4. The van der Waals surface area contributed by atoms with Crippen LogP contribution in [0.25, 0.3) is 0 Å². The minimum absolute atomic E-state index is 0.115. The number of allylic oxidation sites excluding steroid dienone is 3. The number of hydrogen-bond acceptors (Lipinski definition) is 5. The monoisotopic (exact) mass is 642 g/mol. The number of carbonyl (C=O) groups excluding carboxylic acids is 1. The van der Waals surface area contributed by atoms with Crippen LogP contribution in [0.2, 0.25) is 0 Å². The largest absolute Gasteiger partial charge is 0.435 e. The smallest absolute Gasteiger partial charge is 0.347 e. The second-order valence-electron chi connectivity index (χ2n) is 9.05. The maximum absolute atomic E-state index is 14.0. The van der Waals surface area contributed by atoms with E-state index in [2.05, 4.69) is 25.8 Å². The van der Waals surface area contributed by atoms with Gasteiger partial charge in [0.1, 0.15) is 0 Å². The molecule has 0 spiro atoms. The van der Waals surface area contributed by atoms with Gasteiger partial charge in [-0.1, -0.05) is 52.3 Å². The fourth-order valence-electron chi connectivity index (χ4n) is 4.36. The Bertz CT molecular complexity index is 1700. The molecule has 2 heterocycles. The second-order valence-corrected chi connectivity index (χ2v) is 11.7. The van der Waals surface area contributed by atoms with Crippen molar-refractivity contribution in [1.82, 2.24) is 4.72 Å². The van der Waals surface area contributed by atoms with Gasteiger partial charge >= 0.3 is 6.18 Å². The lowest BCUT2D eigenvalue weighted by Crippen LogP contribution is -2.28. The zero-order chi connectivity index (χ0) is 29.2. The molecule has 0 aliphatic carbocycles. The van der Waals surface area contributed by atoms with Gasteiger partial charge in [-0.05, 0) is 72.7 Å². The van der Waals surface area contributed by atoms with Crippen LogP contribution < -0.4 is 14.6 Å². The molecule has 0 fully saturated rings. The molecule has 3 aromatic carbocycles. The van der Waals surface area contributed by atoms with Gasteiger partial charge in [0.25, 0.3) is 15.9 Å². The number of nitrogens with one attached hydrogen (secondary N) is 1. The Morgan fingerprint density at radius 1 is 0.976 bits per heavy atom. The first kappa shape index (κ1) is 28.4. The van der Waals surface area contributed by atoms with Crippen LogP contribution in [-0.2, 0) is 21.2 Å². The van der Waals surface area contributed by atoms with Gasteiger partial charge in [-0.2, -0.15) is 23.3 Å². The summed E-state index contributed by atoms with van der Waals surface area (Å²) in [6, 6.07) is 21.2. The molecule has 2 aliphatic rings. The van der Waals surface area contributed by atoms with E-state index in [-0.39, 0.29) is 16.3 Å². The van der Waals surface area contributed by atoms with Crippen LogP contribution in [-0.4, -0.2) is 32.8 Å². The quantitative estimate of drug-likeness (QED) is 0.250. The number of halogens is 4. The third-order valence-corrected chi connectivity index (χ3v) is 8.21. The maximum Gasteiger partial charge on any atom is 0.435 e. The molecule has 1 amide bonds. The van der Waals surface area contributed by atoms with Gasteiger partial charge in [0.05, 0.1) is 16.2 Å². The van der Waals surface area contributed by atoms with Crippen molar-refractivity contribution in [2.75, 3.05) is 16.5 Å². The van der Waals surface area contributed by atoms with Gasteiger partial charge < -0.3 is 4.90 Å². The van der Waals surface area contributed by atoms with Crippen LogP contribution in [0.3, 0.4) is 0 Å². The summed E-state index contributed by atoms with van der Waals surface area (Å²) in [5.74, 6) is -1.05. The number of para-hydroxylation sites is 2. The Hall–Kier alpha value is -4.16. The molecule has 41 heavy (non-hydrogen) atoms. The molecule has 0 unspecified atom stereocenters. The molecule has 0 aromatic heterocycles. The first-order valence-corrected chi connectivity index (χ1v) is 14.6. The molecule has 1 N–H and O–H groups in total. The zero-order valence-electron chi connectivity index (χ0n) is 21.2. The fraction of sp³-hybridized carbons (Fsp3) is 0.103. The normalized spacial score (nSPS) is 17.0. The first-order chi connectivity index (χ1) is 19.5. The number of nitrogens with zero attached hydrogens (tertiary/aromatic N) is 3. The third kappa shape index (κ3) is 6.28. The van der Waals surface area contributed by atoms with Crippen molar-refractivity contribution in [3.05, 3.63) is 125 Å². The van der Waals surface area contributed by atoms with Crippen LogP contribution in [0.15, 0.2) is 129 Å². The summed E-state index contributed by atoms with van der Waals surface area (Å²) in [5, 5.41) is 4.19. The number of carbonyl (C=O) groups is 1. The molecule has 0 saturated heterocycles. The lowest BCUT2D eigenvalue weighted by Gasteiger charge is -2.14. The lowest BCUT2D eigenvalue weighted by molar-refractivity contribution is -0.114. The van der Waals surface area contributed by atoms with Crippen LogP contribution in [0.5, 0.6) is 0 Å². The second kappa shape index (κ2) is 11.4. The number of anilines is 2. The van der Waals surface area contributed by atoms with E-state index in [1.807, 2.05) is 29.2 Å². The summed E-state index contributed by atoms with van der Waals surface area (Å²) in [7, 11) is -4.23. The molecule has 0 radical (unpaired) electrons. The minimum atomic E-state index is -4.98. The van der Waals surface area contributed by atoms with Gasteiger partial charge in [0.2, 0.25) is 0 Å². The zero-order valence-corrected chi connectivity index (χ0v) is 23.6. The van der Waals surface area contributed by atoms with Crippen molar-refractivity contribution in [2.45, 2.75) is 17.5 Å². The Labute approximate surface area is 243 Å². The van der Waals surface area contributed by atoms with Crippen molar-refractivity contribution in [3.8, 4) is 0 Å². The maximum atomic E-state index is 14.0. The van der Waals surface area contributed by atoms with E-state index in [0.29, 0.717) is 16.0 Å². The molecular weight excluding hydrogens is 621 g/mol. The average molecular weight is 643 g/mol. The fourth-order valence-corrected chi connectivity index (χ4v) is 5.68. The topological polar surface area (TPSA) is 82.1 Å². The van der Waals surface area contributed by atoms with Crippen LogP contribution in [0.1, 0.15) is 5.56 Å². The number of fused-ring (bicyclic) bond motifs is 1. The highest BCUT2D eigenvalue weighted by molar-refractivity contribution is 9.10. The van der Waals surface area contributed by atoms with Crippen molar-refractivity contribution in [1.29, 1.82) is 0 Å². The van der Waals surface area contributed by atoms with Gasteiger partial charge in [0.15, 0.2) is 5.71 Å². The number of rotatable bonds is 7. The van der Waals surface area contributed by atoms with E-state index in [4.69, 9.17) is 0 Å². The van der Waals surface area contributed by atoms with Crippen molar-refractivity contribution in [2.24, 2.45) is 5.10 Å². The van der Waals surface area contributed by atoms with Crippen LogP contribution >= 0.6 is 15.9 Å². The highest BCUT2D eigenvalue weighted by Crippen LogP contribution is 2.32. The van der Waals surface area contributed by atoms with Crippen molar-refractivity contribution >= 4 is 48.9 Å². The molecule has 5 rings (SSSR count). The van der Waals surface area contributed by atoms with E-state index in [1.54, 1.807) is 24.4 Å². The molecule has 2 aliphatic heterocycles. The van der Waals surface area contributed by atoms with Crippen LogP contribution in [0, 0.1) is 0 Å². The number of hydrazone groups is 1. The Balaban J connectivity index is 1.54. The molecule has 210 valence electrons. The average Bonchev–Trinajstić information content (AvgIpc) is 3.50. The highest BCUT2D eigenvalue weighted by Gasteiger charge is 2.47. The summed E-state index contributed by atoms with van der Waals surface area (Å²) in [4.78, 5) is 15.0. The lowest BCUT2D eigenvalue weighted by atomic mass is 10.1. The van der Waals surface area contributed by atoms with E-state index in [9.17, 15) is 26.4 Å². The van der Waals surface area contributed by atoms with Crippen LogP contribution in [0.4, 0.5) is 24.5 Å². The predicted molar refractivity (Wildman–Crippen MR) is 155 cm³/mol. The van der Waals surface area contributed by atoms with Gasteiger partial charge in [-0.15, -0.1) is 0 Å². The van der Waals surface area contributed by atoms with E-state index < -0.39 is 33.4 Å². The molecule has 7 nitrogen and oxygen atoms in total. The number of benzene rings is 3. The summed E-state index contributed by atoms with van der Waals surface area (Å²) in [6.07, 6.45) is 1.20. The Kier molecular flexibility index (Phi) is 7.87. The number of amides is 1. The summed E-state index contributed by atoms with van der Waals surface area (Å²) in [6.45, 7) is 0.681. The predicted octanol–water partition coefficient (Wildman–Crippen LogP) is 6.08. The number of hydrogen-bond donors (Lipinski definition) is 1. The Morgan fingerprint density at radius 3 is 2.37 bits per heavy atom. The third-order valence-electron chi connectivity index (χ3n) is 6.29. The van der Waals surface area contributed by atoms with E-state index >= 15 is 0 Å². The molecule has 12 heteroatoms. The Morgan fingerprint density at radius 2 is 1.66 bits per heavy atom. The SMILES string of the molecule is O=C1\C(=C/C(=C/C=C/N2CCc3ccccc32)NS(=O)(=O)c2ccc(Br)cc2)C(C(F)(F)F)=NN1c1ccccc1. The number of alkyl halides is 3. The molecule has 3 aromatic rings. The number of sulfonamides is 1. The van der Waals surface area contributed by atoms with E-state index in [0.717, 1.165) is 23.7 Å². The van der Waals surface area contributed by atoms with E-state index in [1.165, 1.54) is 48.6 Å². The van der Waals surface area contributed by atoms with Gasteiger partial charge in [-0.25, -0.2) is 8.42 Å².